The van der Waals surface area contributed by atoms with Crippen LogP contribution in [0.4, 0.5) is 43.4 Å². The first-order valence-corrected chi connectivity index (χ1v) is 19.6. The van der Waals surface area contributed by atoms with Crippen molar-refractivity contribution >= 4 is 70.4 Å². The second kappa shape index (κ2) is 18.6. The Hall–Kier alpha value is -4.55. The third-order valence-corrected chi connectivity index (χ3v) is 11.6. The van der Waals surface area contributed by atoms with Crippen LogP contribution < -0.4 is 20.9 Å². The summed E-state index contributed by atoms with van der Waals surface area (Å²) < 4.78 is 90.1. The van der Waals surface area contributed by atoms with Crippen LogP contribution >= 0.6 is 24.6 Å². The maximum absolute atomic E-state index is 14.3. The summed E-state index contributed by atoms with van der Waals surface area (Å²) in [6.45, 7) is 3.13. The van der Waals surface area contributed by atoms with E-state index in [1.54, 1.807) is 47.9 Å². The van der Waals surface area contributed by atoms with E-state index in [0.717, 1.165) is 21.9 Å². The lowest BCUT2D eigenvalue weighted by atomic mass is 9.89. The third-order valence-electron chi connectivity index (χ3n) is 11.2. The topological polar surface area (TPSA) is 150 Å². The molecule has 2 atom stereocenters. The van der Waals surface area contributed by atoms with Crippen LogP contribution in [-0.2, 0) is 30.1 Å². The van der Waals surface area contributed by atoms with Crippen molar-refractivity contribution < 1.29 is 50.3 Å². The number of rotatable bonds is 11. The Labute approximate surface area is 354 Å². The maximum Gasteiger partial charge on any atom is 0.417 e. The number of alkyl halides is 6. The first kappa shape index (κ1) is 46.5. The third kappa shape index (κ3) is 10.5. The number of nitriles is 1. The molecule has 60 heavy (non-hydrogen) atoms. The number of halogens is 7. The van der Waals surface area contributed by atoms with E-state index in [0.29, 0.717) is 43.5 Å². The zero-order chi connectivity index (χ0) is 42.9. The monoisotopic (exact) mass is 886 g/mol. The number of benzene rings is 2. The number of carbonyl (C=O) groups excluding carboxylic acids is 4. The Morgan fingerprint density at radius 1 is 1.00 bits per heavy atom. The standard InChI is InChI=1S/C39H44F6N8O5S.ClH/c1-37(2)35(57)52(27-7-6-23(20-46)29(19-27)38(40,41)42)36(59)53(37)26-8-10-28(11-9-26)58-17-16-50-14-15-51(31(21-50)39(43,44)45)22-33(55)48-25-5-3-4-24(18-25)47-30-12-13-32(54)49-34(30)56;/h3-7,18-19,26,28,30-31,47H,8-17,21-22H2,1-2H3,(H,48,55)(H,49,54,56);1H/t26?,28?,30?,31-;/m1./s1. The zero-order valence-corrected chi connectivity index (χ0v) is 34.3. The highest BCUT2D eigenvalue weighted by Crippen LogP contribution is 2.41. The molecule has 1 unspecified atom stereocenters. The molecule has 326 valence electrons. The van der Waals surface area contributed by atoms with Crippen molar-refractivity contribution in [3.8, 4) is 6.07 Å². The number of hydrogen-bond donors (Lipinski definition) is 3. The molecule has 3 saturated heterocycles. The molecule has 0 bridgehead atoms. The normalized spacial score (nSPS) is 24.1. The minimum atomic E-state index is -4.82. The predicted octanol–water partition coefficient (Wildman–Crippen LogP) is 5.44. The number of ether oxygens (including phenoxy) is 1. The molecule has 4 fully saturated rings. The van der Waals surface area contributed by atoms with Crippen molar-refractivity contribution in [2.75, 3.05) is 54.9 Å². The molecule has 3 aliphatic heterocycles. The number of thiocarbonyl (C=S) groups is 1. The highest BCUT2D eigenvalue weighted by Gasteiger charge is 2.53. The number of amides is 4. The minimum Gasteiger partial charge on any atom is -0.377 e. The Morgan fingerprint density at radius 3 is 2.35 bits per heavy atom. The van der Waals surface area contributed by atoms with E-state index < -0.39 is 65.4 Å². The highest BCUT2D eigenvalue weighted by molar-refractivity contribution is 7.80. The second-order valence-electron chi connectivity index (χ2n) is 15.6. The van der Waals surface area contributed by atoms with Crippen molar-refractivity contribution in [1.29, 1.82) is 5.26 Å². The number of carbonyl (C=O) groups is 4. The minimum absolute atomic E-state index is 0. The highest BCUT2D eigenvalue weighted by atomic mass is 35.5. The molecule has 1 saturated carbocycles. The molecule has 0 aromatic heterocycles. The van der Waals surface area contributed by atoms with Gasteiger partial charge in [0.2, 0.25) is 17.7 Å². The largest absolute Gasteiger partial charge is 0.417 e. The number of imide groups is 1. The summed E-state index contributed by atoms with van der Waals surface area (Å²) in [6.07, 6.45) is -6.93. The van der Waals surface area contributed by atoms with E-state index in [9.17, 15) is 50.8 Å². The second-order valence-corrected chi connectivity index (χ2v) is 16.0. The number of nitrogens with zero attached hydrogens (tertiary/aromatic N) is 5. The summed E-state index contributed by atoms with van der Waals surface area (Å²) >= 11 is 5.67. The molecule has 2 aromatic rings. The quantitative estimate of drug-likeness (QED) is 0.150. The summed E-state index contributed by atoms with van der Waals surface area (Å²) in [5.74, 6) is -1.96. The van der Waals surface area contributed by atoms with Gasteiger partial charge < -0.3 is 20.3 Å². The van der Waals surface area contributed by atoms with Crippen molar-refractivity contribution in [1.82, 2.24) is 20.0 Å². The van der Waals surface area contributed by atoms with E-state index in [1.807, 2.05) is 0 Å². The average molecular weight is 887 g/mol. The average Bonchev–Trinajstić information content (AvgIpc) is 3.34. The fraction of sp³-hybridized carbons (Fsp3) is 0.538. The van der Waals surface area contributed by atoms with E-state index in [-0.39, 0.29) is 80.5 Å². The van der Waals surface area contributed by atoms with Gasteiger partial charge in [0, 0.05) is 50.0 Å². The van der Waals surface area contributed by atoms with E-state index in [1.165, 1.54) is 12.1 Å². The first-order chi connectivity index (χ1) is 27.8. The predicted molar refractivity (Wildman–Crippen MR) is 214 cm³/mol. The fourth-order valence-corrected chi connectivity index (χ4v) is 8.72. The molecule has 13 nitrogen and oxygen atoms in total. The summed E-state index contributed by atoms with van der Waals surface area (Å²) in [6, 6.07) is 8.24. The Bertz CT molecular complexity index is 2010. The zero-order valence-electron chi connectivity index (χ0n) is 32.7. The maximum atomic E-state index is 14.3. The van der Waals surface area contributed by atoms with E-state index in [4.69, 9.17) is 17.0 Å². The van der Waals surface area contributed by atoms with Gasteiger partial charge in [0.1, 0.15) is 17.6 Å². The molecule has 4 aliphatic rings. The van der Waals surface area contributed by atoms with E-state index >= 15 is 0 Å². The first-order valence-electron chi connectivity index (χ1n) is 19.2. The molecule has 0 radical (unpaired) electrons. The van der Waals surface area contributed by atoms with Gasteiger partial charge in [-0.1, -0.05) is 6.07 Å². The van der Waals surface area contributed by atoms with Gasteiger partial charge in [0.25, 0.3) is 5.91 Å². The van der Waals surface area contributed by atoms with Gasteiger partial charge in [-0.15, -0.1) is 12.4 Å². The van der Waals surface area contributed by atoms with Crippen LogP contribution in [0.15, 0.2) is 42.5 Å². The van der Waals surface area contributed by atoms with Crippen LogP contribution in [0.5, 0.6) is 0 Å². The lowest BCUT2D eigenvalue weighted by Gasteiger charge is -2.42. The smallest absolute Gasteiger partial charge is 0.377 e. The van der Waals surface area contributed by atoms with Crippen LogP contribution in [0.2, 0.25) is 0 Å². The number of anilines is 3. The van der Waals surface area contributed by atoms with Gasteiger partial charge in [-0.25, -0.2) is 0 Å². The molecule has 1 aliphatic carbocycles. The van der Waals surface area contributed by atoms with Gasteiger partial charge >= 0.3 is 12.4 Å². The van der Waals surface area contributed by atoms with Crippen molar-refractivity contribution in [3.05, 3.63) is 53.6 Å². The molecule has 3 N–H and O–H groups in total. The Balaban J connectivity index is 0.00000683. The molecular weight excluding hydrogens is 842 g/mol. The lowest BCUT2D eigenvalue weighted by molar-refractivity contribution is -0.197. The summed E-state index contributed by atoms with van der Waals surface area (Å²) in [4.78, 5) is 55.7. The SMILES string of the molecule is CC1(C)C(=O)N(c2ccc(C#N)c(C(F)(F)F)c2)C(=S)N1C1CCC(OCCN2CCN(CC(=O)Nc3cccc(NC4CCC(=O)NC4=O)c3)[C@@H](C(F)(F)F)C2)CC1.Cl. The molecule has 4 amide bonds. The molecular formula is C39H45ClF6N8O5S. The number of nitrogens with one attached hydrogen (secondary N) is 3. The van der Waals surface area contributed by atoms with Gasteiger partial charge in [-0.3, -0.25) is 39.2 Å². The Kier molecular flexibility index (Phi) is 14.4. The van der Waals surface area contributed by atoms with Gasteiger partial charge in [0.15, 0.2) is 5.11 Å². The number of hydrogen-bond acceptors (Lipinski definition) is 10. The molecule has 6 rings (SSSR count). The van der Waals surface area contributed by atoms with Crippen LogP contribution in [0, 0.1) is 11.3 Å². The van der Waals surface area contributed by atoms with Gasteiger partial charge in [-0.05, 0) is 94.6 Å². The molecule has 0 spiro atoms. The van der Waals surface area contributed by atoms with Crippen molar-refractivity contribution in [2.45, 2.75) is 94.5 Å². The Morgan fingerprint density at radius 2 is 1.70 bits per heavy atom. The summed E-state index contributed by atoms with van der Waals surface area (Å²) in [5.41, 5.74) is -2.16. The number of piperazine rings is 1. The summed E-state index contributed by atoms with van der Waals surface area (Å²) in [5, 5.41) is 17.2. The van der Waals surface area contributed by atoms with Crippen LogP contribution in [0.1, 0.15) is 63.5 Å². The lowest BCUT2D eigenvalue weighted by Crippen LogP contribution is -2.60. The fourth-order valence-electron chi connectivity index (χ4n) is 8.16. The molecule has 3 heterocycles. The van der Waals surface area contributed by atoms with Crippen LogP contribution in [-0.4, -0.2) is 119 Å². The summed E-state index contributed by atoms with van der Waals surface area (Å²) in [7, 11) is 0. The number of piperidine rings is 1. The van der Waals surface area contributed by atoms with Crippen LogP contribution in [0.25, 0.3) is 0 Å². The van der Waals surface area contributed by atoms with Gasteiger partial charge in [-0.2, -0.15) is 31.6 Å². The molecule has 21 heteroatoms. The van der Waals surface area contributed by atoms with Crippen molar-refractivity contribution in [2.24, 2.45) is 0 Å². The van der Waals surface area contributed by atoms with Crippen LogP contribution in [0.3, 0.4) is 0 Å². The van der Waals surface area contributed by atoms with Gasteiger partial charge in [0.05, 0.1) is 42.1 Å². The van der Waals surface area contributed by atoms with E-state index in [2.05, 4.69) is 16.0 Å². The van der Waals surface area contributed by atoms with Crippen molar-refractivity contribution in [3.63, 3.8) is 0 Å². The molecule has 2 aromatic carbocycles.